The summed E-state index contributed by atoms with van der Waals surface area (Å²) in [6.45, 7) is 1.75. The number of piperidine rings is 1. The van der Waals surface area contributed by atoms with Crippen LogP contribution in [0.15, 0.2) is 54.6 Å². The molecule has 0 radical (unpaired) electrons. The van der Waals surface area contributed by atoms with Crippen LogP contribution in [-0.4, -0.2) is 23.9 Å². The van der Waals surface area contributed by atoms with E-state index in [1.807, 2.05) is 29.2 Å². The lowest BCUT2D eigenvalue weighted by Crippen LogP contribution is -2.38. The maximum Gasteiger partial charge on any atom is 0.253 e. The molecule has 1 aliphatic heterocycles. The van der Waals surface area contributed by atoms with E-state index >= 15 is 0 Å². The van der Waals surface area contributed by atoms with Gasteiger partial charge in [0.2, 0.25) is 0 Å². The van der Waals surface area contributed by atoms with Gasteiger partial charge in [0.25, 0.3) is 5.91 Å². The molecule has 1 amide bonds. The zero-order valence-corrected chi connectivity index (χ0v) is 14.7. The lowest BCUT2D eigenvalue weighted by atomic mass is 9.90. The van der Waals surface area contributed by atoms with Crippen LogP contribution in [-0.2, 0) is 6.42 Å². The molecule has 2 nitrogen and oxygen atoms in total. The quantitative estimate of drug-likeness (QED) is 0.694. The molecule has 2 aromatic rings. The molecule has 0 unspecified atom stereocenters. The van der Waals surface area contributed by atoms with Gasteiger partial charge in [0, 0.05) is 22.2 Å². The topological polar surface area (TPSA) is 20.3 Å². The van der Waals surface area contributed by atoms with E-state index in [-0.39, 0.29) is 5.91 Å². The van der Waals surface area contributed by atoms with Crippen molar-refractivity contribution in [2.45, 2.75) is 19.3 Å². The van der Waals surface area contributed by atoms with Crippen LogP contribution in [0.3, 0.4) is 0 Å². The molecule has 1 saturated heterocycles. The van der Waals surface area contributed by atoms with Crippen LogP contribution in [0.5, 0.6) is 0 Å². The molecule has 3 rings (SSSR count). The first-order chi connectivity index (χ1) is 10.7. The van der Waals surface area contributed by atoms with Crippen molar-refractivity contribution in [3.05, 3.63) is 69.3 Å². The Bertz CT molecular complexity index is 633. The number of hydrogen-bond acceptors (Lipinski definition) is 1. The van der Waals surface area contributed by atoms with Crippen molar-refractivity contribution in [2.75, 3.05) is 13.1 Å². The third-order valence-electron chi connectivity index (χ3n) is 4.34. The number of carbonyl (C=O) groups excluding carboxylic acids is 1. The Balaban J connectivity index is 1.56. The van der Waals surface area contributed by atoms with E-state index in [1.165, 1.54) is 5.56 Å². The molecular formula is C19H20INO. The van der Waals surface area contributed by atoms with Gasteiger partial charge in [0.1, 0.15) is 0 Å². The number of nitrogens with zero attached hydrogens (tertiary/aromatic N) is 1. The molecule has 0 spiro atoms. The summed E-state index contributed by atoms with van der Waals surface area (Å²) in [5.41, 5.74) is 2.22. The van der Waals surface area contributed by atoms with E-state index in [9.17, 15) is 4.79 Å². The van der Waals surface area contributed by atoms with E-state index in [4.69, 9.17) is 0 Å². The first-order valence-electron chi connectivity index (χ1n) is 7.81. The Morgan fingerprint density at radius 2 is 1.77 bits per heavy atom. The van der Waals surface area contributed by atoms with Gasteiger partial charge in [-0.1, -0.05) is 36.4 Å². The van der Waals surface area contributed by atoms with Crippen molar-refractivity contribution in [1.29, 1.82) is 0 Å². The smallest absolute Gasteiger partial charge is 0.253 e. The molecule has 1 aliphatic rings. The average Bonchev–Trinajstić information content (AvgIpc) is 2.56. The van der Waals surface area contributed by atoms with E-state index in [0.717, 1.165) is 41.5 Å². The number of hydrogen-bond donors (Lipinski definition) is 0. The van der Waals surface area contributed by atoms with Gasteiger partial charge in [-0.2, -0.15) is 0 Å². The first kappa shape index (κ1) is 15.5. The summed E-state index contributed by atoms with van der Waals surface area (Å²) >= 11 is 2.25. The maximum atomic E-state index is 12.5. The number of rotatable bonds is 3. The van der Waals surface area contributed by atoms with Crippen molar-refractivity contribution >= 4 is 28.5 Å². The fraction of sp³-hybridized carbons (Fsp3) is 0.316. The summed E-state index contributed by atoms with van der Waals surface area (Å²) in [6.07, 6.45) is 3.33. The summed E-state index contributed by atoms with van der Waals surface area (Å²) in [5.74, 6) is 0.874. The lowest BCUT2D eigenvalue weighted by molar-refractivity contribution is 0.0690. The Kier molecular flexibility index (Phi) is 5.13. The van der Waals surface area contributed by atoms with Crippen molar-refractivity contribution in [2.24, 2.45) is 5.92 Å². The second-order valence-electron chi connectivity index (χ2n) is 5.94. The standard InChI is InChI=1S/C19H20INO/c20-18-8-4-7-17(14-18)19(22)21-11-9-16(10-12-21)13-15-5-2-1-3-6-15/h1-8,14,16H,9-13H2. The molecule has 0 aromatic heterocycles. The molecule has 0 bridgehead atoms. The number of carbonyl (C=O) groups is 1. The maximum absolute atomic E-state index is 12.5. The van der Waals surface area contributed by atoms with Crippen LogP contribution in [0, 0.1) is 9.49 Å². The minimum atomic E-state index is 0.177. The highest BCUT2D eigenvalue weighted by Crippen LogP contribution is 2.23. The summed E-state index contributed by atoms with van der Waals surface area (Å²) in [6, 6.07) is 18.5. The first-order valence-corrected chi connectivity index (χ1v) is 8.89. The van der Waals surface area contributed by atoms with Gasteiger partial charge in [-0.25, -0.2) is 0 Å². The zero-order chi connectivity index (χ0) is 15.4. The Labute approximate surface area is 145 Å². The van der Waals surface area contributed by atoms with E-state index < -0.39 is 0 Å². The monoisotopic (exact) mass is 405 g/mol. The van der Waals surface area contributed by atoms with Crippen LogP contribution in [0.1, 0.15) is 28.8 Å². The second kappa shape index (κ2) is 7.27. The SMILES string of the molecule is O=C(c1cccc(I)c1)N1CCC(Cc2ccccc2)CC1. The third-order valence-corrected chi connectivity index (χ3v) is 5.01. The van der Waals surface area contributed by atoms with Gasteiger partial charge in [-0.15, -0.1) is 0 Å². The van der Waals surface area contributed by atoms with Crippen LogP contribution >= 0.6 is 22.6 Å². The highest BCUT2D eigenvalue weighted by Gasteiger charge is 2.23. The van der Waals surface area contributed by atoms with E-state index in [1.54, 1.807) is 0 Å². The highest BCUT2D eigenvalue weighted by atomic mass is 127. The van der Waals surface area contributed by atoms with Gasteiger partial charge in [-0.05, 0) is 71.5 Å². The minimum absolute atomic E-state index is 0.177. The predicted molar refractivity (Wildman–Crippen MR) is 97.9 cm³/mol. The summed E-state index contributed by atoms with van der Waals surface area (Å²) in [7, 11) is 0. The van der Waals surface area contributed by atoms with Gasteiger partial charge in [0.15, 0.2) is 0 Å². The van der Waals surface area contributed by atoms with Gasteiger partial charge in [0.05, 0.1) is 0 Å². The summed E-state index contributed by atoms with van der Waals surface area (Å²) in [4.78, 5) is 14.5. The molecule has 2 aromatic carbocycles. The van der Waals surface area contributed by atoms with Gasteiger partial charge < -0.3 is 4.90 Å². The predicted octanol–water partition coefficient (Wildman–Crippen LogP) is 4.39. The number of amides is 1. The minimum Gasteiger partial charge on any atom is -0.339 e. The van der Waals surface area contributed by atoms with Crippen LogP contribution in [0.2, 0.25) is 0 Å². The normalized spacial score (nSPS) is 15.8. The summed E-state index contributed by atoms with van der Waals surface area (Å²) < 4.78 is 1.11. The molecule has 0 saturated carbocycles. The molecule has 1 heterocycles. The number of likely N-dealkylation sites (tertiary alicyclic amines) is 1. The molecular weight excluding hydrogens is 385 g/mol. The molecule has 0 aliphatic carbocycles. The fourth-order valence-electron chi connectivity index (χ4n) is 3.09. The van der Waals surface area contributed by atoms with Crippen LogP contribution < -0.4 is 0 Å². The van der Waals surface area contributed by atoms with Crippen LogP contribution in [0.25, 0.3) is 0 Å². The number of benzene rings is 2. The average molecular weight is 405 g/mol. The van der Waals surface area contributed by atoms with E-state index in [2.05, 4.69) is 52.9 Å². The van der Waals surface area contributed by atoms with E-state index in [0.29, 0.717) is 5.92 Å². The third kappa shape index (κ3) is 3.88. The van der Waals surface area contributed by atoms with Crippen LogP contribution in [0.4, 0.5) is 0 Å². The number of halogens is 1. The Hall–Kier alpha value is -1.36. The molecule has 114 valence electrons. The zero-order valence-electron chi connectivity index (χ0n) is 12.5. The van der Waals surface area contributed by atoms with Gasteiger partial charge >= 0.3 is 0 Å². The van der Waals surface area contributed by atoms with Crippen molar-refractivity contribution in [3.63, 3.8) is 0 Å². The highest BCUT2D eigenvalue weighted by molar-refractivity contribution is 14.1. The Morgan fingerprint density at radius 1 is 1.05 bits per heavy atom. The largest absolute Gasteiger partial charge is 0.339 e. The molecule has 3 heteroatoms. The lowest BCUT2D eigenvalue weighted by Gasteiger charge is -2.32. The fourth-order valence-corrected chi connectivity index (χ4v) is 3.63. The van der Waals surface area contributed by atoms with Crippen molar-refractivity contribution in [1.82, 2.24) is 4.90 Å². The molecule has 22 heavy (non-hydrogen) atoms. The second-order valence-corrected chi connectivity index (χ2v) is 7.18. The Morgan fingerprint density at radius 3 is 2.45 bits per heavy atom. The summed E-state index contributed by atoms with van der Waals surface area (Å²) in [5, 5.41) is 0. The molecule has 0 N–H and O–H groups in total. The van der Waals surface area contributed by atoms with Crippen molar-refractivity contribution < 1.29 is 4.79 Å². The molecule has 1 fully saturated rings. The molecule has 0 atom stereocenters. The van der Waals surface area contributed by atoms with Gasteiger partial charge in [-0.3, -0.25) is 4.79 Å². The van der Waals surface area contributed by atoms with Crippen molar-refractivity contribution in [3.8, 4) is 0 Å².